The van der Waals surface area contributed by atoms with Gasteiger partial charge in [-0.15, -0.1) is 0 Å². The second kappa shape index (κ2) is 4.38. The summed E-state index contributed by atoms with van der Waals surface area (Å²) in [6, 6.07) is 0. The summed E-state index contributed by atoms with van der Waals surface area (Å²) in [5.41, 5.74) is 8.03. The summed E-state index contributed by atoms with van der Waals surface area (Å²) in [5.74, 6) is 0. The standard InChI is InChI=1S/C6H15N3OSi/c1-6(5-8-9-7)10-11(2,3)4/h6H,5H2,1-4H3/t6-/m0/s1. The molecule has 4 nitrogen and oxygen atoms in total. The quantitative estimate of drug-likeness (QED) is 0.279. The minimum absolute atomic E-state index is 0.0533. The average molecular weight is 173 g/mol. The van der Waals surface area contributed by atoms with Gasteiger partial charge in [0.15, 0.2) is 8.32 Å². The van der Waals surface area contributed by atoms with Crippen LogP contribution in [0.5, 0.6) is 0 Å². The molecule has 1 atom stereocenters. The van der Waals surface area contributed by atoms with Gasteiger partial charge < -0.3 is 4.43 Å². The first-order chi connectivity index (χ1) is 4.95. The van der Waals surface area contributed by atoms with Crippen LogP contribution < -0.4 is 0 Å². The molecule has 0 radical (unpaired) electrons. The lowest BCUT2D eigenvalue weighted by molar-refractivity contribution is 0.222. The Bertz CT molecular complexity index is 160. The van der Waals surface area contributed by atoms with Gasteiger partial charge in [0.25, 0.3) is 0 Å². The van der Waals surface area contributed by atoms with Crippen molar-refractivity contribution < 1.29 is 4.43 Å². The number of hydrogen-bond acceptors (Lipinski definition) is 2. The van der Waals surface area contributed by atoms with E-state index in [-0.39, 0.29) is 6.10 Å². The van der Waals surface area contributed by atoms with E-state index in [1.807, 2.05) is 6.92 Å². The van der Waals surface area contributed by atoms with Crippen LogP contribution in [0.25, 0.3) is 10.4 Å². The van der Waals surface area contributed by atoms with E-state index in [0.29, 0.717) is 6.54 Å². The topological polar surface area (TPSA) is 58.0 Å². The predicted molar refractivity (Wildman–Crippen MR) is 47.9 cm³/mol. The normalized spacial score (nSPS) is 13.8. The van der Waals surface area contributed by atoms with E-state index in [0.717, 1.165) is 0 Å². The van der Waals surface area contributed by atoms with Gasteiger partial charge >= 0.3 is 0 Å². The molecule has 0 rings (SSSR count). The molecule has 0 fully saturated rings. The van der Waals surface area contributed by atoms with Crippen LogP contribution >= 0.6 is 0 Å². The van der Waals surface area contributed by atoms with E-state index in [2.05, 4.69) is 29.7 Å². The number of hydrogen-bond donors (Lipinski definition) is 0. The van der Waals surface area contributed by atoms with Crippen LogP contribution in [0.4, 0.5) is 0 Å². The monoisotopic (exact) mass is 173 g/mol. The molecular weight excluding hydrogens is 158 g/mol. The molecule has 0 spiro atoms. The van der Waals surface area contributed by atoms with Crippen LogP contribution in [0.2, 0.25) is 19.6 Å². The fraction of sp³-hybridized carbons (Fsp3) is 1.00. The number of rotatable bonds is 4. The highest BCUT2D eigenvalue weighted by Gasteiger charge is 2.17. The molecule has 0 aliphatic rings. The molecule has 0 amide bonds. The first-order valence-corrected chi connectivity index (χ1v) is 7.05. The highest BCUT2D eigenvalue weighted by Crippen LogP contribution is 2.06. The summed E-state index contributed by atoms with van der Waals surface area (Å²) in [7, 11) is -1.45. The Morgan fingerprint density at radius 3 is 2.45 bits per heavy atom. The van der Waals surface area contributed by atoms with E-state index < -0.39 is 8.32 Å². The summed E-state index contributed by atoms with van der Waals surface area (Å²) < 4.78 is 5.61. The van der Waals surface area contributed by atoms with Crippen LogP contribution in [0.15, 0.2) is 5.11 Å². The molecule has 0 bridgehead atoms. The molecule has 5 heteroatoms. The van der Waals surface area contributed by atoms with Gasteiger partial charge in [-0.05, 0) is 32.1 Å². The Kier molecular flexibility index (Phi) is 4.18. The first kappa shape index (κ1) is 10.5. The molecule has 0 saturated carbocycles. The van der Waals surface area contributed by atoms with E-state index >= 15 is 0 Å². The maximum atomic E-state index is 8.03. The molecule has 64 valence electrons. The molecule has 0 aromatic carbocycles. The minimum atomic E-state index is -1.45. The van der Waals surface area contributed by atoms with Crippen LogP contribution in [-0.4, -0.2) is 21.0 Å². The number of nitrogens with zero attached hydrogens (tertiary/aromatic N) is 3. The molecule has 0 saturated heterocycles. The largest absolute Gasteiger partial charge is 0.415 e. The lowest BCUT2D eigenvalue weighted by Crippen LogP contribution is -2.31. The molecule has 0 unspecified atom stereocenters. The van der Waals surface area contributed by atoms with Crippen LogP contribution in [0.3, 0.4) is 0 Å². The second-order valence-corrected chi connectivity index (χ2v) is 7.91. The number of azide groups is 1. The van der Waals surface area contributed by atoms with Gasteiger partial charge in [0.2, 0.25) is 0 Å². The molecule has 0 N–H and O–H groups in total. The summed E-state index contributed by atoms with van der Waals surface area (Å²) >= 11 is 0. The molecule has 11 heavy (non-hydrogen) atoms. The summed E-state index contributed by atoms with van der Waals surface area (Å²) in [6.45, 7) is 8.69. The van der Waals surface area contributed by atoms with E-state index in [9.17, 15) is 0 Å². The molecule has 0 aliphatic carbocycles. The van der Waals surface area contributed by atoms with Crippen molar-refractivity contribution in [2.75, 3.05) is 6.54 Å². The Labute approximate surface area is 68.3 Å². The van der Waals surface area contributed by atoms with Gasteiger partial charge in [-0.25, -0.2) is 0 Å². The van der Waals surface area contributed by atoms with Gasteiger partial charge in [-0.2, -0.15) is 0 Å². The fourth-order valence-corrected chi connectivity index (χ4v) is 2.07. The smallest absolute Gasteiger partial charge is 0.184 e. The van der Waals surface area contributed by atoms with E-state index in [1.54, 1.807) is 0 Å². The van der Waals surface area contributed by atoms with Gasteiger partial charge in [0, 0.05) is 11.0 Å². The zero-order valence-corrected chi connectivity index (χ0v) is 8.53. The maximum Gasteiger partial charge on any atom is 0.184 e. The Morgan fingerprint density at radius 2 is 2.09 bits per heavy atom. The van der Waals surface area contributed by atoms with Crippen molar-refractivity contribution >= 4 is 8.32 Å². The van der Waals surface area contributed by atoms with E-state index in [4.69, 9.17) is 9.96 Å². The summed E-state index contributed by atoms with van der Waals surface area (Å²) in [6.07, 6.45) is 0.0533. The molecule has 0 aromatic heterocycles. The third-order valence-electron chi connectivity index (χ3n) is 0.957. The van der Waals surface area contributed by atoms with Crippen molar-refractivity contribution in [3.63, 3.8) is 0 Å². The highest BCUT2D eigenvalue weighted by molar-refractivity contribution is 6.69. The Morgan fingerprint density at radius 1 is 1.55 bits per heavy atom. The third kappa shape index (κ3) is 7.38. The lowest BCUT2D eigenvalue weighted by atomic mass is 10.4. The van der Waals surface area contributed by atoms with Crippen molar-refractivity contribution in [2.45, 2.75) is 32.7 Å². The highest BCUT2D eigenvalue weighted by atomic mass is 28.4. The van der Waals surface area contributed by atoms with E-state index in [1.165, 1.54) is 0 Å². The van der Waals surface area contributed by atoms with Crippen molar-refractivity contribution in [3.8, 4) is 0 Å². The van der Waals surface area contributed by atoms with Crippen LogP contribution in [-0.2, 0) is 4.43 Å². The average Bonchev–Trinajstić information content (AvgIpc) is 1.79. The Balaban J connectivity index is 3.69. The lowest BCUT2D eigenvalue weighted by Gasteiger charge is -2.21. The molecular formula is C6H15N3OSi. The van der Waals surface area contributed by atoms with Gasteiger partial charge in [0.05, 0.1) is 6.54 Å². The first-order valence-electron chi connectivity index (χ1n) is 3.64. The molecule has 0 aliphatic heterocycles. The maximum absolute atomic E-state index is 8.03. The SMILES string of the molecule is C[C@@H](CN=[N+]=[N-])O[Si](C)(C)C. The molecule has 0 heterocycles. The molecule has 0 aromatic rings. The van der Waals surface area contributed by atoms with Gasteiger partial charge in [-0.1, -0.05) is 5.11 Å². The van der Waals surface area contributed by atoms with Crippen LogP contribution in [0, 0.1) is 0 Å². The predicted octanol–water partition coefficient (Wildman–Crippen LogP) is 2.54. The van der Waals surface area contributed by atoms with Crippen molar-refractivity contribution in [2.24, 2.45) is 5.11 Å². The zero-order valence-electron chi connectivity index (χ0n) is 7.53. The summed E-state index contributed by atoms with van der Waals surface area (Å²) in [4.78, 5) is 2.67. The van der Waals surface area contributed by atoms with Crippen molar-refractivity contribution in [1.29, 1.82) is 0 Å². The second-order valence-electron chi connectivity index (χ2n) is 3.45. The minimum Gasteiger partial charge on any atom is -0.415 e. The van der Waals surface area contributed by atoms with Gasteiger partial charge in [-0.3, -0.25) is 0 Å². The van der Waals surface area contributed by atoms with Crippen LogP contribution in [0.1, 0.15) is 6.92 Å². The van der Waals surface area contributed by atoms with Gasteiger partial charge in [0.1, 0.15) is 0 Å². The Hall–Kier alpha value is -0.513. The van der Waals surface area contributed by atoms with Crippen molar-refractivity contribution in [1.82, 2.24) is 0 Å². The van der Waals surface area contributed by atoms with Crippen molar-refractivity contribution in [3.05, 3.63) is 10.4 Å². The fourth-order valence-electron chi connectivity index (χ4n) is 0.792. The third-order valence-corrected chi connectivity index (χ3v) is 2.07. The zero-order chi connectivity index (χ0) is 8.91. The summed E-state index contributed by atoms with van der Waals surface area (Å²) in [5, 5.41) is 3.43.